The van der Waals surface area contributed by atoms with Crippen LogP contribution in [0.2, 0.25) is 5.02 Å². The van der Waals surface area contributed by atoms with Gasteiger partial charge < -0.3 is 9.84 Å². The molecule has 2 N–H and O–H groups in total. The number of halogens is 1. The van der Waals surface area contributed by atoms with Gasteiger partial charge in [-0.15, -0.1) is 0 Å². The summed E-state index contributed by atoms with van der Waals surface area (Å²) in [6.45, 7) is 0.410. The van der Waals surface area contributed by atoms with E-state index in [9.17, 15) is 8.42 Å². The lowest BCUT2D eigenvalue weighted by Crippen LogP contribution is -2.31. The number of aliphatic hydroxyl groups excluding tert-OH is 1. The molecular formula is C13H18ClNO4S. The average molecular weight is 320 g/mol. The summed E-state index contributed by atoms with van der Waals surface area (Å²) < 4.78 is 32.3. The maximum Gasteiger partial charge on any atom is 0.244 e. The molecule has 0 radical (unpaired) electrons. The molecule has 112 valence electrons. The number of ether oxygens (including phenoxy) is 1. The standard InChI is InChI=1S/C13H18ClNO4S/c1-19-11-8-10(14)2-3-12(11)20(17,18)15-9-13(4-5-13)6-7-16/h2-3,8,15-16H,4-7,9H2,1H3. The molecule has 1 fully saturated rings. The summed E-state index contributed by atoms with van der Waals surface area (Å²) >= 11 is 5.82. The van der Waals surface area contributed by atoms with Gasteiger partial charge in [0.1, 0.15) is 10.6 Å². The van der Waals surface area contributed by atoms with Gasteiger partial charge in [0, 0.05) is 24.2 Å². The highest BCUT2D eigenvalue weighted by Crippen LogP contribution is 2.48. The van der Waals surface area contributed by atoms with Crippen molar-refractivity contribution in [1.82, 2.24) is 4.72 Å². The maximum absolute atomic E-state index is 12.3. The second kappa shape index (κ2) is 5.89. The number of hydrogen-bond donors (Lipinski definition) is 2. The van der Waals surface area contributed by atoms with Crippen molar-refractivity contribution in [3.8, 4) is 5.75 Å². The van der Waals surface area contributed by atoms with E-state index in [1.807, 2.05) is 0 Å². The molecule has 0 heterocycles. The smallest absolute Gasteiger partial charge is 0.244 e. The SMILES string of the molecule is COc1cc(Cl)ccc1S(=O)(=O)NCC1(CCO)CC1. The molecular weight excluding hydrogens is 302 g/mol. The van der Waals surface area contributed by atoms with Crippen molar-refractivity contribution in [3.63, 3.8) is 0 Å². The Morgan fingerprint density at radius 1 is 1.45 bits per heavy atom. The van der Waals surface area contributed by atoms with E-state index < -0.39 is 10.0 Å². The Balaban J connectivity index is 2.14. The molecule has 2 rings (SSSR count). The van der Waals surface area contributed by atoms with E-state index in [-0.39, 0.29) is 22.7 Å². The lowest BCUT2D eigenvalue weighted by Gasteiger charge is -2.16. The first kappa shape index (κ1) is 15.6. The second-order valence-corrected chi connectivity index (χ2v) is 7.27. The third-order valence-electron chi connectivity index (χ3n) is 3.65. The van der Waals surface area contributed by atoms with Gasteiger partial charge in [-0.1, -0.05) is 11.6 Å². The van der Waals surface area contributed by atoms with E-state index in [0.29, 0.717) is 18.0 Å². The number of nitrogens with one attached hydrogen (secondary N) is 1. The quantitative estimate of drug-likeness (QED) is 0.803. The summed E-state index contributed by atoms with van der Waals surface area (Å²) in [6, 6.07) is 4.41. The number of aliphatic hydroxyl groups is 1. The van der Waals surface area contributed by atoms with Crippen molar-refractivity contribution in [2.24, 2.45) is 5.41 Å². The molecule has 0 bridgehead atoms. The normalized spacial score (nSPS) is 16.9. The number of benzene rings is 1. The monoisotopic (exact) mass is 319 g/mol. The Labute approximate surface area is 124 Å². The van der Waals surface area contributed by atoms with Gasteiger partial charge in [-0.2, -0.15) is 0 Å². The second-order valence-electron chi connectivity index (χ2n) is 5.09. The van der Waals surface area contributed by atoms with E-state index in [0.717, 1.165) is 12.8 Å². The van der Waals surface area contributed by atoms with Gasteiger partial charge in [0.25, 0.3) is 0 Å². The fourth-order valence-electron chi connectivity index (χ4n) is 2.12. The molecule has 1 aliphatic rings. The molecule has 20 heavy (non-hydrogen) atoms. The number of hydrogen-bond acceptors (Lipinski definition) is 4. The van der Waals surface area contributed by atoms with Crippen LogP contribution >= 0.6 is 11.6 Å². The molecule has 1 aliphatic carbocycles. The summed E-state index contributed by atoms with van der Waals surface area (Å²) in [5, 5.41) is 9.41. The predicted molar refractivity (Wildman–Crippen MR) is 76.6 cm³/mol. The van der Waals surface area contributed by atoms with Gasteiger partial charge in [-0.05, 0) is 36.8 Å². The van der Waals surface area contributed by atoms with Crippen LogP contribution in [0.5, 0.6) is 5.75 Å². The molecule has 0 aliphatic heterocycles. The zero-order valence-electron chi connectivity index (χ0n) is 11.2. The van der Waals surface area contributed by atoms with Crippen LogP contribution < -0.4 is 9.46 Å². The van der Waals surface area contributed by atoms with Crippen LogP contribution in [0.25, 0.3) is 0 Å². The van der Waals surface area contributed by atoms with Crippen molar-refractivity contribution >= 4 is 21.6 Å². The minimum atomic E-state index is -3.65. The molecule has 5 nitrogen and oxygen atoms in total. The number of methoxy groups -OCH3 is 1. The summed E-state index contributed by atoms with van der Waals surface area (Å²) in [5.74, 6) is 0.219. The van der Waals surface area contributed by atoms with Gasteiger partial charge in [0.05, 0.1) is 7.11 Å². The third-order valence-corrected chi connectivity index (χ3v) is 5.33. The highest BCUT2D eigenvalue weighted by molar-refractivity contribution is 7.89. The lowest BCUT2D eigenvalue weighted by molar-refractivity contribution is 0.249. The molecule has 7 heteroatoms. The van der Waals surface area contributed by atoms with Crippen molar-refractivity contribution in [1.29, 1.82) is 0 Å². The van der Waals surface area contributed by atoms with Gasteiger partial charge >= 0.3 is 0 Å². The van der Waals surface area contributed by atoms with E-state index in [2.05, 4.69) is 4.72 Å². The van der Waals surface area contributed by atoms with Crippen molar-refractivity contribution in [2.45, 2.75) is 24.2 Å². The highest BCUT2D eigenvalue weighted by Gasteiger charge is 2.42. The molecule has 1 aromatic rings. The van der Waals surface area contributed by atoms with Crippen LogP contribution in [0.1, 0.15) is 19.3 Å². The fraction of sp³-hybridized carbons (Fsp3) is 0.538. The van der Waals surface area contributed by atoms with Gasteiger partial charge in [0.15, 0.2) is 0 Å². The Bertz CT molecular complexity index is 584. The Kier molecular flexibility index (Phi) is 4.59. The van der Waals surface area contributed by atoms with Crippen molar-refractivity contribution in [3.05, 3.63) is 23.2 Å². The lowest BCUT2D eigenvalue weighted by atomic mass is 10.0. The molecule has 0 atom stereocenters. The Morgan fingerprint density at radius 2 is 2.15 bits per heavy atom. The number of sulfonamides is 1. The van der Waals surface area contributed by atoms with Gasteiger partial charge in [-0.3, -0.25) is 0 Å². The largest absolute Gasteiger partial charge is 0.495 e. The minimum absolute atomic E-state index is 0.0733. The van der Waals surface area contributed by atoms with Crippen molar-refractivity contribution < 1.29 is 18.3 Å². The van der Waals surface area contributed by atoms with Gasteiger partial charge in [-0.25, -0.2) is 13.1 Å². The molecule has 0 amide bonds. The molecule has 0 aromatic heterocycles. The Morgan fingerprint density at radius 3 is 2.70 bits per heavy atom. The molecule has 1 aromatic carbocycles. The summed E-state index contributed by atoms with van der Waals surface area (Å²) in [4.78, 5) is 0.0733. The van der Waals surface area contributed by atoms with E-state index in [1.165, 1.54) is 25.3 Å². The zero-order chi connectivity index (χ0) is 14.8. The van der Waals surface area contributed by atoms with Crippen LogP contribution in [-0.4, -0.2) is 33.8 Å². The first-order valence-corrected chi connectivity index (χ1v) is 8.23. The molecule has 0 saturated heterocycles. The molecule has 0 spiro atoms. The van der Waals surface area contributed by atoms with Gasteiger partial charge in [0.2, 0.25) is 10.0 Å². The summed E-state index contributed by atoms with van der Waals surface area (Å²) in [5.41, 5.74) is -0.0819. The van der Waals surface area contributed by atoms with E-state index >= 15 is 0 Å². The van der Waals surface area contributed by atoms with E-state index in [4.69, 9.17) is 21.4 Å². The molecule has 1 saturated carbocycles. The van der Waals surface area contributed by atoms with Crippen LogP contribution in [0.4, 0.5) is 0 Å². The fourth-order valence-corrected chi connectivity index (χ4v) is 3.59. The van der Waals surface area contributed by atoms with Crippen LogP contribution in [0.15, 0.2) is 23.1 Å². The van der Waals surface area contributed by atoms with E-state index in [1.54, 1.807) is 0 Å². The third kappa shape index (κ3) is 3.44. The van der Waals surface area contributed by atoms with Crippen LogP contribution in [-0.2, 0) is 10.0 Å². The van der Waals surface area contributed by atoms with Crippen LogP contribution in [0, 0.1) is 5.41 Å². The summed E-state index contributed by atoms with van der Waals surface area (Å²) in [6.07, 6.45) is 2.49. The topological polar surface area (TPSA) is 75.6 Å². The van der Waals surface area contributed by atoms with Crippen molar-refractivity contribution in [2.75, 3.05) is 20.3 Å². The maximum atomic E-state index is 12.3. The Hall–Kier alpha value is -0.820. The average Bonchev–Trinajstić information content (AvgIpc) is 3.17. The first-order valence-electron chi connectivity index (χ1n) is 6.36. The highest BCUT2D eigenvalue weighted by atomic mass is 35.5. The zero-order valence-corrected chi connectivity index (χ0v) is 12.8. The minimum Gasteiger partial charge on any atom is -0.495 e. The first-order chi connectivity index (χ1) is 9.42. The summed E-state index contributed by atoms with van der Waals surface area (Å²) in [7, 11) is -2.24. The number of rotatable bonds is 7. The predicted octanol–water partition coefficient (Wildman–Crippen LogP) is 1.79. The van der Waals surface area contributed by atoms with Crippen LogP contribution in [0.3, 0.4) is 0 Å². The molecule has 0 unspecified atom stereocenters.